The van der Waals surface area contributed by atoms with Gasteiger partial charge in [0.2, 0.25) is 29.5 Å². The van der Waals surface area contributed by atoms with E-state index in [0.717, 1.165) is 4.90 Å². The van der Waals surface area contributed by atoms with Crippen LogP contribution < -0.4 is 37.6 Å². The Bertz CT molecular complexity index is 2690. The number of anilines is 1. The Hall–Kier alpha value is -6.24. The third-order valence-corrected chi connectivity index (χ3v) is 17.1. The molecule has 0 unspecified atom stereocenters. The molecule has 0 radical (unpaired) electrons. The lowest BCUT2D eigenvalue weighted by atomic mass is 10.0. The number of aliphatic hydroxyl groups is 11. The summed E-state index contributed by atoms with van der Waals surface area (Å²) in [6, 6.07) is 2.37. The number of carbonyl (C=O) groups is 8. The Morgan fingerprint density at radius 2 is 0.807 bits per heavy atom. The number of ether oxygens (including phenoxy) is 12. The molecule has 40 nitrogen and oxygen atoms in total. The summed E-state index contributed by atoms with van der Waals surface area (Å²) in [4.78, 5) is 105. The highest BCUT2D eigenvalue weighted by molar-refractivity contribution is 6.12. The van der Waals surface area contributed by atoms with E-state index in [-0.39, 0.29) is 123 Å². The molecule has 0 saturated carbocycles. The number of nitrogens with one attached hydrogen (secondary N) is 6. The lowest BCUT2D eigenvalue weighted by Gasteiger charge is -2.33. The predicted molar refractivity (Wildman–Crippen MR) is 407 cm³/mol. The molecule has 2 rings (SSSR count). The van der Waals surface area contributed by atoms with Crippen LogP contribution in [0.5, 0.6) is 0 Å². The molecule has 11 atom stereocenters. The van der Waals surface area contributed by atoms with Gasteiger partial charge in [0, 0.05) is 69.9 Å². The predicted octanol–water partition coefficient (Wildman–Crippen LogP) is -5.40. The zero-order valence-electron chi connectivity index (χ0n) is 66.1. The van der Waals surface area contributed by atoms with Gasteiger partial charge in [-0.15, -0.1) is 0 Å². The maximum Gasteiger partial charge on any atom is 0.312 e. The molecule has 19 N–H and O–H groups in total. The van der Waals surface area contributed by atoms with Gasteiger partial charge in [-0.3, -0.25) is 43.4 Å². The van der Waals surface area contributed by atoms with Crippen LogP contribution >= 0.6 is 0 Å². The number of hydrogen-bond acceptors (Lipinski definition) is 32. The number of rotatable bonds is 76. The van der Waals surface area contributed by atoms with Crippen LogP contribution in [0.2, 0.25) is 0 Å². The van der Waals surface area contributed by atoms with Crippen LogP contribution in [0.1, 0.15) is 90.0 Å². The third kappa shape index (κ3) is 51.1. The number of primary amides is 1. The summed E-state index contributed by atoms with van der Waals surface area (Å²) in [7, 11) is 0. The van der Waals surface area contributed by atoms with E-state index in [4.69, 9.17) is 72.8 Å². The molecule has 0 bridgehead atoms. The highest BCUT2D eigenvalue weighted by Gasteiger charge is 2.35. The normalized spacial score (nSPS) is 15.3. The number of nitrogens with zero attached hydrogens (tertiary/aromatic N) is 2. The van der Waals surface area contributed by atoms with Gasteiger partial charge < -0.3 is 151 Å². The maximum atomic E-state index is 14.1. The Kier molecular flexibility index (Phi) is 60.8. The number of urea groups is 1. The van der Waals surface area contributed by atoms with Crippen molar-refractivity contribution in [3.05, 3.63) is 42.0 Å². The second-order valence-electron chi connectivity index (χ2n) is 26.9. The first-order chi connectivity index (χ1) is 54.9. The molecule has 1 aromatic carbocycles. The number of aliphatic hydroxyl groups excluding tert-OH is 11. The number of benzene rings is 1. The molecule has 658 valence electrons. The molecule has 1 aliphatic heterocycles. The van der Waals surface area contributed by atoms with Crippen molar-refractivity contribution in [3.63, 3.8) is 0 Å². The van der Waals surface area contributed by atoms with Crippen molar-refractivity contribution in [1.29, 1.82) is 0 Å². The number of imide groups is 1. The second kappa shape index (κ2) is 66.7. The van der Waals surface area contributed by atoms with Crippen molar-refractivity contribution in [1.82, 2.24) is 36.4 Å². The van der Waals surface area contributed by atoms with Crippen molar-refractivity contribution in [3.8, 4) is 0 Å². The summed E-state index contributed by atoms with van der Waals surface area (Å²) in [6.45, 7) is 9.11. The first-order valence-electron chi connectivity index (χ1n) is 39.0. The number of nitrogens with two attached hydrogens (primary N) is 1. The summed E-state index contributed by atoms with van der Waals surface area (Å²) >= 11 is 0. The van der Waals surface area contributed by atoms with E-state index in [1.165, 1.54) is 17.1 Å². The van der Waals surface area contributed by atoms with Crippen LogP contribution in [0.15, 0.2) is 36.4 Å². The molecule has 0 aliphatic carbocycles. The lowest BCUT2D eigenvalue weighted by molar-refractivity contribution is -0.137. The van der Waals surface area contributed by atoms with Gasteiger partial charge in [-0.2, -0.15) is 0 Å². The number of unbranched alkanes of at least 4 members (excludes halogenated alkanes) is 3. The van der Waals surface area contributed by atoms with Gasteiger partial charge in [0.1, 0.15) is 54.7 Å². The minimum absolute atomic E-state index is 0.00762. The minimum atomic E-state index is -1.90. The quantitative estimate of drug-likeness (QED) is 0.0214. The first kappa shape index (κ1) is 104. The Morgan fingerprint density at radius 1 is 0.421 bits per heavy atom. The molecule has 0 fully saturated rings. The Labute approximate surface area is 666 Å². The number of amides is 9. The zero-order valence-corrected chi connectivity index (χ0v) is 66.1. The molecule has 114 heavy (non-hydrogen) atoms. The molecule has 1 aliphatic rings. The second-order valence-corrected chi connectivity index (χ2v) is 26.9. The van der Waals surface area contributed by atoms with E-state index in [0.29, 0.717) is 162 Å². The molecule has 0 aromatic heterocycles. The standard InChI is InChI=1S/C74H131N9O31/c1-53(2)47-58(73(101)80-57(10-8-20-77-74(75)102)71(99)78-55-14-12-54(50-84)13-15-55)81-72(100)56(79-64(92)11-4-3-7-21-83-65(93)16-17-66(83)94)9-5-6-19-76-63(91)18-23-103-25-27-105-29-31-107-33-35-109-37-39-111-41-43-113-45-46-114-44-42-112-40-38-110-36-34-108-32-30-106-28-26-104-24-22-82(48-59(87)67(95)69(97)61(89)51-85)49-60(88)68(96)70(98)62(90)52-86/h12-17,53,56-62,67-70,84-90,95-98H,3-11,18-52H2,1-2H3,(H,76,91)(H,78,99)(H,79,92)(H,80,101)(H,81,100)(H3,75,77,102)/t56-,57-,58-,59-,60-,61+,62+,67+,68+,69+,70+/m0/s1. The smallest absolute Gasteiger partial charge is 0.312 e. The summed E-state index contributed by atoms with van der Waals surface area (Å²) < 4.78 is 66.3. The summed E-state index contributed by atoms with van der Waals surface area (Å²) in [5.41, 5.74) is 6.25. The van der Waals surface area contributed by atoms with Crippen LogP contribution in [-0.4, -0.2) is 391 Å². The summed E-state index contributed by atoms with van der Waals surface area (Å²) in [6.07, 6.45) is -9.02. The fraction of sp³-hybridized carbons (Fsp3) is 0.784. The van der Waals surface area contributed by atoms with Crippen molar-refractivity contribution in [2.75, 3.05) is 216 Å². The fourth-order valence-electron chi connectivity index (χ4n) is 10.7. The van der Waals surface area contributed by atoms with Crippen molar-refractivity contribution in [2.24, 2.45) is 11.7 Å². The zero-order chi connectivity index (χ0) is 83.9. The van der Waals surface area contributed by atoms with Gasteiger partial charge >= 0.3 is 6.03 Å². The van der Waals surface area contributed by atoms with E-state index >= 15 is 0 Å². The van der Waals surface area contributed by atoms with Gasteiger partial charge in [0.05, 0.1) is 191 Å². The van der Waals surface area contributed by atoms with Gasteiger partial charge in [0.15, 0.2) is 0 Å². The van der Waals surface area contributed by atoms with E-state index in [1.807, 2.05) is 13.8 Å². The van der Waals surface area contributed by atoms with E-state index < -0.39 is 135 Å². The SMILES string of the molecule is CC(C)C[C@H](NC(=O)[C@H](CCCCNC(=O)CCOCCOCCOCCOCCOCCOCCOCCOCCOCCOCCOCCOCCN(C[C@H](O)[C@@H](O)[C@H](O)[C@H](O)CO)C[C@H](O)[C@@H](O)[C@H](O)[C@H](O)CO)NC(=O)CCCCCN1C(=O)C=CC1=O)C(=O)N[C@@H](CCCNC(N)=O)C(=O)Nc1ccc(CO)cc1. The average Bonchev–Trinajstić information content (AvgIpc) is 1.85. The van der Waals surface area contributed by atoms with E-state index in [9.17, 15) is 84.3 Å². The van der Waals surface area contributed by atoms with Crippen LogP contribution in [-0.2, 0) is 97.0 Å². The van der Waals surface area contributed by atoms with Crippen LogP contribution in [0.3, 0.4) is 0 Å². The van der Waals surface area contributed by atoms with Crippen molar-refractivity contribution < 1.29 is 151 Å². The number of carbonyl (C=O) groups excluding carboxylic acids is 8. The minimum Gasteiger partial charge on any atom is -0.394 e. The first-order valence-corrected chi connectivity index (χ1v) is 39.0. The van der Waals surface area contributed by atoms with Crippen LogP contribution in [0, 0.1) is 5.92 Å². The maximum absolute atomic E-state index is 14.1. The molecule has 0 spiro atoms. The van der Waals surface area contributed by atoms with Crippen LogP contribution in [0.25, 0.3) is 0 Å². The molecular weight excluding hydrogens is 1510 g/mol. The highest BCUT2D eigenvalue weighted by atomic mass is 16.6. The topological polar surface area (TPSA) is 575 Å². The third-order valence-electron chi connectivity index (χ3n) is 17.1. The van der Waals surface area contributed by atoms with Gasteiger partial charge in [-0.05, 0) is 75.0 Å². The van der Waals surface area contributed by atoms with E-state index in [1.54, 1.807) is 24.3 Å². The Balaban J connectivity index is 1.51. The van der Waals surface area contributed by atoms with Crippen molar-refractivity contribution in [2.45, 2.75) is 158 Å². The number of hydrogen-bond donors (Lipinski definition) is 18. The van der Waals surface area contributed by atoms with Gasteiger partial charge in [0.25, 0.3) is 11.8 Å². The van der Waals surface area contributed by atoms with Crippen molar-refractivity contribution >= 4 is 53.1 Å². The van der Waals surface area contributed by atoms with Crippen LogP contribution in [0.4, 0.5) is 10.5 Å². The monoisotopic (exact) mass is 1640 g/mol. The average molecular weight is 1640 g/mol. The lowest BCUT2D eigenvalue weighted by Crippen LogP contribution is -2.56. The highest BCUT2D eigenvalue weighted by Crippen LogP contribution is 2.16. The molecule has 1 aromatic rings. The summed E-state index contributed by atoms with van der Waals surface area (Å²) in [5.74, 6) is -3.43. The molecule has 9 amide bonds. The molecular formula is C74H131N9O31. The van der Waals surface area contributed by atoms with E-state index in [2.05, 4.69) is 31.9 Å². The van der Waals surface area contributed by atoms with Gasteiger partial charge in [-0.25, -0.2) is 4.79 Å². The largest absolute Gasteiger partial charge is 0.394 e. The summed E-state index contributed by atoms with van der Waals surface area (Å²) in [5, 5.41) is 125. The van der Waals surface area contributed by atoms with Gasteiger partial charge in [-0.1, -0.05) is 32.4 Å². The Morgan fingerprint density at radius 3 is 1.23 bits per heavy atom. The fourth-order valence-corrected chi connectivity index (χ4v) is 10.7. The molecule has 40 heteroatoms. The molecule has 0 saturated heterocycles. The molecule has 1 heterocycles.